The Kier molecular flexibility index (Phi) is 5.46. The van der Waals surface area contributed by atoms with E-state index in [0.29, 0.717) is 25.7 Å². The molecule has 0 saturated carbocycles. The van der Waals surface area contributed by atoms with Gasteiger partial charge in [0.1, 0.15) is 5.60 Å². The Balaban J connectivity index is 1.82. The van der Waals surface area contributed by atoms with Crippen molar-refractivity contribution in [3.8, 4) is 0 Å². The Morgan fingerprint density at radius 1 is 1.39 bits per heavy atom. The van der Waals surface area contributed by atoms with Gasteiger partial charge in [-0.05, 0) is 17.5 Å². The molecule has 23 heavy (non-hydrogen) atoms. The second-order valence-corrected chi connectivity index (χ2v) is 7.18. The van der Waals surface area contributed by atoms with Crippen LogP contribution >= 0.6 is 11.8 Å². The van der Waals surface area contributed by atoms with Crippen molar-refractivity contribution in [3.63, 3.8) is 0 Å². The number of thioether (sulfide) groups is 1. The number of guanidine groups is 1. The number of ether oxygens (including phenoxy) is 2. The van der Waals surface area contributed by atoms with E-state index in [4.69, 9.17) is 15.2 Å². The van der Waals surface area contributed by atoms with Crippen LogP contribution < -0.4 is 5.73 Å². The molecule has 2 aliphatic heterocycles. The van der Waals surface area contributed by atoms with Crippen LogP contribution in [0.3, 0.4) is 0 Å². The average molecular weight is 335 g/mol. The zero-order valence-corrected chi connectivity index (χ0v) is 14.5. The molecule has 1 unspecified atom stereocenters. The number of nitrogens with zero attached hydrogens (tertiary/aromatic N) is 2. The fraction of sp³-hybridized carbons (Fsp3) is 0.588. The van der Waals surface area contributed by atoms with Gasteiger partial charge in [0.05, 0.1) is 19.8 Å². The largest absolute Gasteiger partial charge is 0.381 e. The van der Waals surface area contributed by atoms with Crippen LogP contribution in [0.25, 0.3) is 0 Å². The maximum absolute atomic E-state index is 6.21. The summed E-state index contributed by atoms with van der Waals surface area (Å²) in [6.45, 7) is 3.60. The third-order valence-electron chi connectivity index (χ3n) is 4.47. The molecule has 2 aliphatic rings. The minimum atomic E-state index is -0.529. The molecular weight excluding hydrogens is 310 g/mol. The summed E-state index contributed by atoms with van der Waals surface area (Å²) in [5.74, 6) is 2.84. The Bertz CT molecular complexity index is 561. The zero-order chi connectivity index (χ0) is 16.1. The van der Waals surface area contributed by atoms with Crippen molar-refractivity contribution in [1.29, 1.82) is 0 Å². The first-order valence-corrected chi connectivity index (χ1v) is 9.24. The van der Waals surface area contributed by atoms with Crippen LogP contribution in [0.1, 0.15) is 11.1 Å². The Morgan fingerprint density at radius 3 is 2.96 bits per heavy atom. The van der Waals surface area contributed by atoms with Gasteiger partial charge in [0.2, 0.25) is 0 Å². The molecule has 1 fully saturated rings. The molecule has 2 N–H and O–H groups in total. The van der Waals surface area contributed by atoms with Crippen LogP contribution in [0, 0.1) is 0 Å². The highest BCUT2D eigenvalue weighted by molar-refractivity contribution is 7.99. The van der Waals surface area contributed by atoms with Crippen LogP contribution in [-0.2, 0) is 21.5 Å². The molecule has 2 heterocycles. The summed E-state index contributed by atoms with van der Waals surface area (Å²) in [5, 5.41) is 0. The van der Waals surface area contributed by atoms with Gasteiger partial charge in [-0.3, -0.25) is 0 Å². The summed E-state index contributed by atoms with van der Waals surface area (Å²) in [4.78, 5) is 6.83. The Labute approximate surface area is 142 Å². The van der Waals surface area contributed by atoms with Crippen LogP contribution in [0.2, 0.25) is 0 Å². The topological polar surface area (TPSA) is 60.1 Å². The molecule has 1 aromatic rings. The normalized spacial score (nSPS) is 25.3. The number of nitrogens with two attached hydrogens (primary N) is 1. The van der Waals surface area contributed by atoms with E-state index in [2.05, 4.69) is 28.1 Å². The lowest BCUT2D eigenvalue weighted by atomic mass is 9.86. The number of rotatable bonds is 4. The number of methoxy groups -OCH3 is 1. The maximum atomic E-state index is 6.21. The number of hydrogen-bond donors (Lipinski definition) is 1. The first-order chi connectivity index (χ1) is 11.2. The predicted octanol–water partition coefficient (Wildman–Crippen LogP) is 1.46. The van der Waals surface area contributed by atoms with Gasteiger partial charge in [-0.25, -0.2) is 4.99 Å². The van der Waals surface area contributed by atoms with E-state index < -0.39 is 5.60 Å². The van der Waals surface area contributed by atoms with Crippen molar-refractivity contribution in [3.05, 3.63) is 35.4 Å². The van der Waals surface area contributed by atoms with Gasteiger partial charge in [-0.15, -0.1) is 0 Å². The Morgan fingerprint density at radius 2 is 2.17 bits per heavy atom. The molecule has 3 rings (SSSR count). The number of fused-ring (bicyclic) bond motifs is 1. The molecule has 0 aromatic heterocycles. The van der Waals surface area contributed by atoms with Gasteiger partial charge >= 0.3 is 0 Å². The monoisotopic (exact) mass is 335 g/mol. The number of aliphatic imine (C=N–C) groups is 1. The minimum absolute atomic E-state index is 0.483. The SMILES string of the molecule is COCC1(CN=C(N)N2CCSCC2)OCCc2ccccc21. The molecule has 1 saturated heterocycles. The van der Waals surface area contributed by atoms with Crippen molar-refractivity contribution < 1.29 is 9.47 Å². The van der Waals surface area contributed by atoms with E-state index in [1.54, 1.807) is 7.11 Å². The van der Waals surface area contributed by atoms with Gasteiger partial charge in [0.15, 0.2) is 5.96 Å². The molecule has 0 bridgehead atoms. The van der Waals surface area contributed by atoms with Crippen molar-refractivity contribution in [2.24, 2.45) is 10.7 Å². The summed E-state index contributed by atoms with van der Waals surface area (Å²) in [7, 11) is 1.71. The van der Waals surface area contributed by atoms with E-state index in [9.17, 15) is 0 Å². The van der Waals surface area contributed by atoms with E-state index in [1.165, 1.54) is 11.1 Å². The molecule has 1 aromatic carbocycles. The summed E-state index contributed by atoms with van der Waals surface area (Å²) >= 11 is 1.96. The van der Waals surface area contributed by atoms with E-state index in [0.717, 1.165) is 31.0 Å². The third kappa shape index (κ3) is 3.65. The highest BCUT2D eigenvalue weighted by atomic mass is 32.2. The molecule has 6 heteroatoms. The van der Waals surface area contributed by atoms with Gasteiger partial charge in [-0.1, -0.05) is 24.3 Å². The Hall–Kier alpha value is -1.24. The molecule has 1 atom stereocenters. The van der Waals surface area contributed by atoms with Crippen molar-refractivity contribution >= 4 is 17.7 Å². The average Bonchev–Trinajstić information content (AvgIpc) is 2.61. The lowest BCUT2D eigenvalue weighted by molar-refractivity contribution is -0.0960. The van der Waals surface area contributed by atoms with Gasteiger partial charge < -0.3 is 20.1 Å². The number of hydrogen-bond acceptors (Lipinski definition) is 4. The first kappa shape index (κ1) is 16.6. The molecule has 0 aliphatic carbocycles. The van der Waals surface area contributed by atoms with Crippen molar-refractivity contribution in [2.75, 3.05) is 51.5 Å². The zero-order valence-electron chi connectivity index (χ0n) is 13.7. The fourth-order valence-electron chi connectivity index (χ4n) is 3.25. The second kappa shape index (κ2) is 7.55. The maximum Gasteiger partial charge on any atom is 0.191 e. The van der Waals surface area contributed by atoms with Gasteiger partial charge in [0.25, 0.3) is 0 Å². The summed E-state index contributed by atoms with van der Waals surface area (Å²) < 4.78 is 11.6. The van der Waals surface area contributed by atoms with E-state index in [1.807, 2.05) is 17.8 Å². The standard InChI is InChI=1S/C17H25N3O2S/c1-21-13-17(12-19-16(18)20-7-10-23-11-8-20)15-5-3-2-4-14(15)6-9-22-17/h2-5H,6-13H2,1H3,(H2,18,19). The summed E-state index contributed by atoms with van der Waals surface area (Å²) in [6.07, 6.45) is 0.935. The van der Waals surface area contributed by atoms with Crippen molar-refractivity contribution in [2.45, 2.75) is 12.0 Å². The third-order valence-corrected chi connectivity index (χ3v) is 5.41. The fourth-order valence-corrected chi connectivity index (χ4v) is 4.15. The summed E-state index contributed by atoms with van der Waals surface area (Å²) in [5.41, 5.74) is 8.18. The smallest absolute Gasteiger partial charge is 0.191 e. The molecule has 0 spiro atoms. The highest BCUT2D eigenvalue weighted by Gasteiger charge is 2.38. The first-order valence-electron chi connectivity index (χ1n) is 8.09. The lowest BCUT2D eigenvalue weighted by Gasteiger charge is -2.38. The van der Waals surface area contributed by atoms with Crippen LogP contribution in [-0.4, -0.2) is 62.3 Å². The molecular formula is C17H25N3O2S. The second-order valence-electron chi connectivity index (χ2n) is 5.96. The van der Waals surface area contributed by atoms with E-state index >= 15 is 0 Å². The van der Waals surface area contributed by atoms with Crippen LogP contribution in [0.15, 0.2) is 29.3 Å². The summed E-state index contributed by atoms with van der Waals surface area (Å²) in [6, 6.07) is 8.41. The highest BCUT2D eigenvalue weighted by Crippen LogP contribution is 2.34. The molecule has 0 radical (unpaired) electrons. The molecule has 0 amide bonds. The van der Waals surface area contributed by atoms with E-state index in [-0.39, 0.29) is 0 Å². The predicted molar refractivity (Wildman–Crippen MR) is 95.0 cm³/mol. The number of benzene rings is 1. The van der Waals surface area contributed by atoms with Gasteiger partial charge in [0, 0.05) is 31.7 Å². The van der Waals surface area contributed by atoms with Gasteiger partial charge in [-0.2, -0.15) is 11.8 Å². The lowest BCUT2D eigenvalue weighted by Crippen LogP contribution is -2.46. The molecule has 5 nitrogen and oxygen atoms in total. The minimum Gasteiger partial charge on any atom is -0.381 e. The molecule has 126 valence electrons. The quantitative estimate of drug-likeness (QED) is 0.667. The van der Waals surface area contributed by atoms with Crippen molar-refractivity contribution in [1.82, 2.24) is 4.90 Å². The van der Waals surface area contributed by atoms with Crippen LogP contribution in [0.5, 0.6) is 0 Å². The van der Waals surface area contributed by atoms with Crippen LogP contribution in [0.4, 0.5) is 0 Å².